The first-order chi connectivity index (χ1) is 15.4. The number of benzene rings is 1. The van der Waals surface area contributed by atoms with Gasteiger partial charge in [-0.3, -0.25) is 4.79 Å². The highest BCUT2D eigenvalue weighted by Gasteiger charge is 2.29. The zero-order valence-electron chi connectivity index (χ0n) is 18.9. The number of carbonyl (C=O) groups excluding carboxylic acids is 1. The number of aromatic nitrogens is 2. The van der Waals surface area contributed by atoms with Gasteiger partial charge in [0.05, 0.1) is 10.9 Å². The molecule has 0 N–H and O–H groups in total. The van der Waals surface area contributed by atoms with Crippen LogP contribution in [0.1, 0.15) is 59.7 Å². The normalized spacial score (nSPS) is 19.0. The van der Waals surface area contributed by atoms with E-state index in [1.54, 1.807) is 0 Å². The quantitative estimate of drug-likeness (QED) is 0.453. The van der Waals surface area contributed by atoms with Crippen LogP contribution in [0, 0.1) is 5.92 Å². The highest BCUT2D eigenvalue weighted by molar-refractivity contribution is 9.10. The highest BCUT2D eigenvalue weighted by atomic mass is 79.9. The lowest BCUT2D eigenvalue weighted by Gasteiger charge is -2.36. The van der Waals surface area contributed by atoms with E-state index in [1.807, 2.05) is 40.5 Å². The van der Waals surface area contributed by atoms with Crippen LogP contribution in [0.4, 0.5) is 5.82 Å². The summed E-state index contributed by atoms with van der Waals surface area (Å²) in [5.74, 6) is 3.12. The van der Waals surface area contributed by atoms with Crippen molar-refractivity contribution < 1.29 is 4.79 Å². The Morgan fingerprint density at radius 3 is 2.62 bits per heavy atom. The number of halogens is 1. The molecule has 1 amide bonds. The number of hydrogen-bond donors (Lipinski definition) is 0. The largest absolute Gasteiger partial charge is 0.352 e. The first kappa shape index (κ1) is 21.8. The molecule has 0 spiro atoms. The van der Waals surface area contributed by atoms with E-state index in [4.69, 9.17) is 9.97 Å². The molecule has 1 aliphatic heterocycles. The minimum atomic E-state index is 0.0923. The lowest BCUT2D eigenvalue weighted by atomic mass is 9.89. The van der Waals surface area contributed by atoms with Crippen LogP contribution < -0.4 is 4.90 Å². The van der Waals surface area contributed by atoms with Gasteiger partial charge >= 0.3 is 0 Å². The molecule has 5 nitrogen and oxygen atoms in total. The Hall–Kier alpha value is -1.99. The molecular weight excluding hydrogens is 484 g/mol. The number of nitrogens with zero attached hydrogens (tertiary/aromatic N) is 4. The van der Waals surface area contributed by atoms with Crippen LogP contribution in [-0.4, -0.2) is 47.0 Å². The van der Waals surface area contributed by atoms with Gasteiger partial charge in [-0.2, -0.15) is 0 Å². The van der Waals surface area contributed by atoms with E-state index in [9.17, 15) is 4.79 Å². The predicted molar refractivity (Wildman–Crippen MR) is 135 cm³/mol. The van der Waals surface area contributed by atoms with Crippen molar-refractivity contribution >= 4 is 49.2 Å². The molecule has 1 aromatic carbocycles. The summed E-state index contributed by atoms with van der Waals surface area (Å²) in [4.78, 5) is 30.1. The lowest BCUT2D eigenvalue weighted by Crippen LogP contribution is -2.49. The molecule has 1 saturated heterocycles. The maximum atomic E-state index is 13.1. The topological polar surface area (TPSA) is 49.3 Å². The van der Waals surface area contributed by atoms with E-state index in [0.29, 0.717) is 13.1 Å². The first-order valence-corrected chi connectivity index (χ1v) is 13.1. The van der Waals surface area contributed by atoms with Crippen LogP contribution in [-0.2, 0) is 12.8 Å². The fraction of sp³-hybridized carbons (Fsp3) is 0.480. The molecule has 1 fully saturated rings. The van der Waals surface area contributed by atoms with E-state index in [0.717, 1.165) is 58.4 Å². The third-order valence-corrected chi connectivity index (χ3v) is 8.48. The fourth-order valence-electron chi connectivity index (χ4n) is 4.75. The molecule has 5 rings (SSSR count). The van der Waals surface area contributed by atoms with Gasteiger partial charge in [0.25, 0.3) is 5.91 Å². The zero-order valence-corrected chi connectivity index (χ0v) is 21.3. The van der Waals surface area contributed by atoms with Crippen molar-refractivity contribution in [1.82, 2.24) is 14.9 Å². The average Bonchev–Trinajstić information content (AvgIpc) is 3.15. The van der Waals surface area contributed by atoms with Crippen molar-refractivity contribution in [3.8, 4) is 0 Å². The average molecular weight is 514 g/mol. The Bertz CT molecular complexity index is 1170. The van der Waals surface area contributed by atoms with Gasteiger partial charge in [0.2, 0.25) is 0 Å². The molecule has 2 aliphatic rings. The third-order valence-electron chi connectivity index (χ3n) is 6.64. The van der Waals surface area contributed by atoms with Crippen molar-refractivity contribution in [2.45, 2.75) is 46.0 Å². The lowest BCUT2D eigenvalue weighted by molar-refractivity contribution is 0.0745. The van der Waals surface area contributed by atoms with Crippen LogP contribution in [0.25, 0.3) is 10.2 Å². The number of piperazine rings is 1. The van der Waals surface area contributed by atoms with Crippen molar-refractivity contribution in [1.29, 1.82) is 0 Å². The fourth-order valence-corrected chi connectivity index (χ4v) is 6.59. The molecule has 3 heterocycles. The van der Waals surface area contributed by atoms with Crippen LogP contribution in [0.2, 0.25) is 0 Å². The summed E-state index contributed by atoms with van der Waals surface area (Å²) in [6.45, 7) is 9.66. The maximum absolute atomic E-state index is 13.1. The number of amides is 1. The summed E-state index contributed by atoms with van der Waals surface area (Å²) in [7, 11) is 0. The number of fused-ring (bicyclic) bond motifs is 3. The van der Waals surface area contributed by atoms with Crippen LogP contribution in [0.3, 0.4) is 0 Å². The zero-order chi connectivity index (χ0) is 22.4. The van der Waals surface area contributed by atoms with Crippen LogP contribution in [0.15, 0.2) is 28.7 Å². The van der Waals surface area contributed by atoms with Gasteiger partial charge in [-0.15, -0.1) is 11.3 Å². The third kappa shape index (κ3) is 3.94. The second-order valence-corrected chi connectivity index (χ2v) is 11.3. The molecule has 7 heteroatoms. The van der Waals surface area contributed by atoms with E-state index >= 15 is 0 Å². The SMILES string of the molecule is CC1CCc2c(sc3nc(C(C)C)nc(N4CCN(C(=O)c5ccccc5Br)CC4)c23)C1. The highest BCUT2D eigenvalue weighted by Crippen LogP contribution is 2.41. The minimum absolute atomic E-state index is 0.0923. The molecule has 1 aliphatic carbocycles. The predicted octanol–water partition coefficient (Wildman–Crippen LogP) is 5.66. The van der Waals surface area contributed by atoms with E-state index < -0.39 is 0 Å². The van der Waals surface area contributed by atoms with Gasteiger partial charge in [-0.1, -0.05) is 32.9 Å². The van der Waals surface area contributed by atoms with E-state index in [1.165, 1.54) is 22.2 Å². The summed E-state index contributed by atoms with van der Waals surface area (Å²) >= 11 is 5.39. The molecule has 0 saturated carbocycles. The summed E-state index contributed by atoms with van der Waals surface area (Å²) in [5, 5.41) is 1.27. The van der Waals surface area contributed by atoms with Gasteiger partial charge in [-0.05, 0) is 58.8 Å². The summed E-state index contributed by atoms with van der Waals surface area (Å²) < 4.78 is 0.852. The number of aryl methyl sites for hydroxylation is 1. The standard InChI is InChI=1S/C25H29BrN4OS/c1-15(2)22-27-23(21-18-9-8-16(3)14-20(18)32-24(21)28-22)29-10-12-30(13-11-29)25(31)17-6-4-5-7-19(17)26/h4-7,15-16H,8-14H2,1-3H3. The van der Waals surface area contributed by atoms with Gasteiger partial charge in [0.1, 0.15) is 16.5 Å². The molecule has 3 aromatic rings. The molecular formula is C25H29BrN4OS. The Balaban J connectivity index is 1.45. The second-order valence-electron chi connectivity index (χ2n) is 9.35. The van der Waals surface area contributed by atoms with Gasteiger partial charge in [0.15, 0.2) is 0 Å². The minimum Gasteiger partial charge on any atom is -0.352 e. The first-order valence-electron chi connectivity index (χ1n) is 11.5. The van der Waals surface area contributed by atoms with Gasteiger partial charge < -0.3 is 9.80 Å². The smallest absolute Gasteiger partial charge is 0.255 e. The Kier molecular flexibility index (Phi) is 5.97. The number of anilines is 1. The van der Waals surface area contributed by atoms with Crippen molar-refractivity contribution in [3.05, 3.63) is 50.6 Å². The monoisotopic (exact) mass is 512 g/mol. The van der Waals surface area contributed by atoms with Crippen LogP contribution >= 0.6 is 27.3 Å². The molecule has 0 radical (unpaired) electrons. The van der Waals surface area contributed by atoms with E-state index in [-0.39, 0.29) is 11.8 Å². The molecule has 0 bridgehead atoms. The molecule has 1 atom stereocenters. The Labute approximate surface area is 202 Å². The van der Waals surface area contributed by atoms with Crippen molar-refractivity contribution in [2.24, 2.45) is 5.92 Å². The van der Waals surface area contributed by atoms with Gasteiger partial charge in [-0.25, -0.2) is 9.97 Å². The summed E-state index contributed by atoms with van der Waals surface area (Å²) in [6.07, 6.45) is 3.51. The maximum Gasteiger partial charge on any atom is 0.255 e. The van der Waals surface area contributed by atoms with Gasteiger partial charge in [0, 0.05) is 41.4 Å². The Morgan fingerprint density at radius 1 is 1.16 bits per heavy atom. The number of hydrogen-bond acceptors (Lipinski definition) is 5. The van der Waals surface area contributed by atoms with Crippen molar-refractivity contribution in [3.63, 3.8) is 0 Å². The molecule has 168 valence electrons. The molecule has 32 heavy (non-hydrogen) atoms. The molecule has 2 aromatic heterocycles. The number of rotatable bonds is 3. The van der Waals surface area contributed by atoms with Crippen molar-refractivity contribution in [2.75, 3.05) is 31.1 Å². The Morgan fingerprint density at radius 2 is 1.91 bits per heavy atom. The summed E-state index contributed by atoms with van der Waals surface area (Å²) in [5.41, 5.74) is 2.20. The van der Waals surface area contributed by atoms with Crippen LogP contribution in [0.5, 0.6) is 0 Å². The van der Waals surface area contributed by atoms with E-state index in [2.05, 4.69) is 41.6 Å². The second kappa shape index (κ2) is 8.75. The number of thiophene rings is 1. The number of carbonyl (C=O) groups is 1. The summed E-state index contributed by atoms with van der Waals surface area (Å²) in [6, 6.07) is 7.67. The molecule has 1 unspecified atom stereocenters.